The summed E-state index contributed by atoms with van der Waals surface area (Å²) in [4.78, 5) is 21.9. The van der Waals surface area contributed by atoms with Gasteiger partial charge in [-0.05, 0) is 52.4 Å². The highest BCUT2D eigenvalue weighted by Gasteiger charge is 2.43. The Morgan fingerprint density at radius 2 is 2.10 bits per heavy atom. The summed E-state index contributed by atoms with van der Waals surface area (Å²) in [6.45, 7) is 0.273. The number of halogens is 2. The molecule has 2 aromatic rings. The van der Waals surface area contributed by atoms with Crippen LogP contribution in [0.4, 0.5) is 0 Å². The number of nitrogens with one attached hydrogen (secondary N) is 2. The van der Waals surface area contributed by atoms with Crippen LogP contribution >= 0.6 is 34.2 Å². The van der Waals surface area contributed by atoms with E-state index in [-0.39, 0.29) is 6.61 Å². The summed E-state index contributed by atoms with van der Waals surface area (Å²) in [5.41, 5.74) is 1.59. The Kier molecular flexibility index (Phi) is 7.70. The van der Waals surface area contributed by atoms with Crippen LogP contribution < -0.4 is 20.1 Å². The van der Waals surface area contributed by atoms with Crippen molar-refractivity contribution < 1.29 is 24.3 Å². The first-order chi connectivity index (χ1) is 14.8. The molecule has 1 aliphatic heterocycles. The molecule has 3 atom stereocenters. The maximum Gasteiger partial charge on any atom is 0.328 e. The monoisotopic (exact) mass is 559 g/mol. The Labute approximate surface area is 196 Å². The number of amides is 1. The van der Waals surface area contributed by atoms with Gasteiger partial charge in [0.2, 0.25) is 0 Å². The quantitative estimate of drug-likeness (QED) is 0.271. The van der Waals surface area contributed by atoms with Gasteiger partial charge in [-0.2, -0.15) is 0 Å². The van der Waals surface area contributed by atoms with Gasteiger partial charge in [0, 0.05) is 15.5 Å². The Morgan fingerprint density at radius 3 is 2.74 bits per heavy atom. The first kappa shape index (κ1) is 23.3. The Hall–Kier alpha value is -2.41. The van der Waals surface area contributed by atoms with Gasteiger partial charge in [0.1, 0.15) is 12.8 Å². The third-order valence-electron chi connectivity index (χ3n) is 4.51. The molecule has 0 aromatic heterocycles. The molecule has 1 aliphatic rings. The number of carbonyl (C=O) groups excluding carboxylic acids is 1. The van der Waals surface area contributed by atoms with E-state index in [0.29, 0.717) is 16.5 Å². The second kappa shape index (κ2) is 10.3. The minimum Gasteiger partial charge on any atom is -0.493 e. The molecule has 3 rings (SSSR count). The summed E-state index contributed by atoms with van der Waals surface area (Å²) in [6.07, 6.45) is 0.915. The predicted molar refractivity (Wildman–Crippen MR) is 122 cm³/mol. The molecule has 1 heterocycles. The van der Waals surface area contributed by atoms with Crippen molar-refractivity contribution in [2.45, 2.75) is 25.0 Å². The average molecular weight is 560 g/mol. The molecule has 0 aliphatic carbocycles. The van der Waals surface area contributed by atoms with Crippen LogP contribution in [0.3, 0.4) is 0 Å². The molecule has 3 N–H and O–H groups in total. The normalized spacial score (nSPS) is 21.0. The largest absolute Gasteiger partial charge is 0.493 e. The molecule has 31 heavy (non-hydrogen) atoms. The summed E-state index contributed by atoms with van der Waals surface area (Å²) in [5, 5.41) is 26.3. The molecule has 164 valence electrons. The van der Waals surface area contributed by atoms with Gasteiger partial charge in [0.25, 0.3) is 0 Å². The first-order valence-corrected chi connectivity index (χ1v) is 10.6. The first-order valence-electron chi connectivity index (χ1n) is 9.10. The topological polar surface area (TPSA) is 123 Å². The Bertz CT molecular complexity index is 1020. The van der Waals surface area contributed by atoms with Crippen molar-refractivity contribution in [3.05, 3.63) is 72.3 Å². The van der Waals surface area contributed by atoms with Crippen molar-refractivity contribution in [2.24, 2.45) is 0 Å². The van der Waals surface area contributed by atoms with E-state index < -0.39 is 29.3 Å². The van der Waals surface area contributed by atoms with E-state index in [2.05, 4.69) is 33.2 Å². The zero-order valence-corrected chi connectivity index (χ0v) is 19.2. The van der Waals surface area contributed by atoms with Crippen LogP contribution in [0.5, 0.6) is 11.5 Å². The Balaban J connectivity index is 1.73. The van der Waals surface area contributed by atoms with Gasteiger partial charge in [0.05, 0.1) is 10.7 Å². The molecular weight excluding hydrogens is 541 g/mol. The van der Waals surface area contributed by atoms with Crippen molar-refractivity contribution in [2.75, 3.05) is 7.11 Å². The number of rotatable bonds is 7. The van der Waals surface area contributed by atoms with Gasteiger partial charge in [-0.3, -0.25) is 20.2 Å². The van der Waals surface area contributed by atoms with Gasteiger partial charge in [-0.25, -0.2) is 0 Å². The predicted octanol–water partition coefficient (Wildman–Crippen LogP) is 2.55. The highest BCUT2D eigenvalue weighted by atomic mass is 127. The minimum absolute atomic E-state index is 0.273. The highest BCUT2D eigenvalue weighted by Crippen LogP contribution is 2.35. The molecule has 1 fully saturated rings. The van der Waals surface area contributed by atoms with Crippen LogP contribution in [0.25, 0.3) is 6.08 Å². The standard InChI is InChI=1S/C20H19ClIN3O6/c1-30-15-9-11(6-7-16-23-19(26)17(25(28)29)20(27)24-16)8-14(22)18(15)31-10-12-4-2-3-5-13(12)21/h2-9,16-17,19,23,26H,10H2,1H3,(H,24,27)/b7-6+. The van der Waals surface area contributed by atoms with Gasteiger partial charge in [-0.1, -0.05) is 35.9 Å². The van der Waals surface area contributed by atoms with Gasteiger partial charge in [-0.15, -0.1) is 0 Å². The number of methoxy groups -OCH3 is 1. The van der Waals surface area contributed by atoms with Crippen LogP contribution in [0.15, 0.2) is 42.5 Å². The van der Waals surface area contributed by atoms with Gasteiger partial charge >= 0.3 is 11.9 Å². The molecule has 1 amide bonds. The number of ether oxygens (including phenoxy) is 2. The zero-order valence-electron chi connectivity index (χ0n) is 16.2. The molecule has 9 nitrogen and oxygen atoms in total. The summed E-state index contributed by atoms with van der Waals surface area (Å²) in [5.74, 6) is 0.211. The lowest BCUT2D eigenvalue weighted by atomic mass is 10.1. The molecular formula is C20H19ClIN3O6. The van der Waals surface area contributed by atoms with E-state index in [1.54, 1.807) is 24.3 Å². The summed E-state index contributed by atoms with van der Waals surface area (Å²) in [7, 11) is 1.53. The molecule has 11 heteroatoms. The summed E-state index contributed by atoms with van der Waals surface area (Å²) < 4.78 is 12.2. The van der Waals surface area contributed by atoms with Gasteiger partial charge in [0.15, 0.2) is 17.7 Å². The molecule has 0 spiro atoms. The van der Waals surface area contributed by atoms with E-state index in [1.807, 2.05) is 24.3 Å². The number of benzene rings is 2. The Morgan fingerprint density at radius 1 is 1.35 bits per heavy atom. The van der Waals surface area contributed by atoms with E-state index in [1.165, 1.54) is 7.11 Å². The van der Waals surface area contributed by atoms with Crippen molar-refractivity contribution in [1.29, 1.82) is 0 Å². The summed E-state index contributed by atoms with van der Waals surface area (Å²) in [6, 6.07) is 9.24. The third kappa shape index (κ3) is 5.64. The molecule has 1 saturated heterocycles. The fourth-order valence-corrected chi connectivity index (χ4v) is 3.93. The molecule has 0 saturated carbocycles. The van der Waals surface area contributed by atoms with Crippen molar-refractivity contribution in [3.8, 4) is 11.5 Å². The molecule has 2 aromatic carbocycles. The van der Waals surface area contributed by atoms with E-state index in [0.717, 1.165) is 14.7 Å². The average Bonchev–Trinajstić information content (AvgIpc) is 2.71. The maximum absolute atomic E-state index is 11.8. The fraction of sp³-hybridized carbons (Fsp3) is 0.250. The number of aliphatic hydroxyl groups is 1. The SMILES string of the molecule is COc1cc(/C=C/C2NC(=O)C([N+](=O)[O-])C(O)N2)cc(I)c1OCc1ccccc1Cl. The van der Waals surface area contributed by atoms with Crippen molar-refractivity contribution >= 4 is 46.2 Å². The van der Waals surface area contributed by atoms with Crippen LogP contribution in [0, 0.1) is 13.7 Å². The minimum atomic E-state index is -1.75. The lowest BCUT2D eigenvalue weighted by Crippen LogP contribution is -2.65. The third-order valence-corrected chi connectivity index (χ3v) is 5.68. The number of nitro groups is 1. The second-order valence-corrected chi connectivity index (χ2v) is 8.17. The molecule has 0 radical (unpaired) electrons. The van der Waals surface area contributed by atoms with E-state index >= 15 is 0 Å². The van der Waals surface area contributed by atoms with Crippen LogP contribution in [0.2, 0.25) is 5.02 Å². The van der Waals surface area contributed by atoms with E-state index in [4.69, 9.17) is 21.1 Å². The van der Waals surface area contributed by atoms with Crippen molar-refractivity contribution in [3.63, 3.8) is 0 Å². The smallest absolute Gasteiger partial charge is 0.328 e. The number of hydrogen-bond donors (Lipinski definition) is 3. The second-order valence-electron chi connectivity index (χ2n) is 6.60. The summed E-state index contributed by atoms with van der Waals surface area (Å²) >= 11 is 8.30. The number of carbonyl (C=O) groups is 1. The lowest BCUT2D eigenvalue weighted by molar-refractivity contribution is -0.522. The van der Waals surface area contributed by atoms with Crippen molar-refractivity contribution in [1.82, 2.24) is 10.6 Å². The zero-order chi connectivity index (χ0) is 22.5. The fourth-order valence-electron chi connectivity index (χ4n) is 2.96. The van der Waals surface area contributed by atoms with Crippen LogP contribution in [-0.2, 0) is 11.4 Å². The van der Waals surface area contributed by atoms with Gasteiger partial charge < -0.3 is 19.9 Å². The number of nitrogens with zero attached hydrogens (tertiary/aromatic N) is 1. The lowest BCUT2D eigenvalue weighted by Gasteiger charge is -2.28. The molecule has 3 unspecified atom stereocenters. The highest BCUT2D eigenvalue weighted by molar-refractivity contribution is 14.1. The maximum atomic E-state index is 11.8. The number of hydrogen-bond acceptors (Lipinski definition) is 7. The van der Waals surface area contributed by atoms with Crippen LogP contribution in [0.1, 0.15) is 11.1 Å². The van der Waals surface area contributed by atoms with Crippen LogP contribution in [-0.4, -0.2) is 41.5 Å². The number of aliphatic hydroxyl groups excluding tert-OH is 1. The molecule has 0 bridgehead atoms. The van der Waals surface area contributed by atoms with E-state index in [9.17, 15) is 20.0 Å².